The number of unbranched alkanes of at least 4 members (excludes halogenated alkanes) is 9. The van der Waals surface area contributed by atoms with Gasteiger partial charge in [0.2, 0.25) is 0 Å². The highest BCUT2D eigenvalue weighted by molar-refractivity contribution is 5.27. The summed E-state index contributed by atoms with van der Waals surface area (Å²) >= 11 is 0. The molecule has 3 heterocycles. The molecule has 0 aliphatic carbocycles. The molecule has 6 atom stereocenters. The van der Waals surface area contributed by atoms with Gasteiger partial charge in [-0.05, 0) is 57.2 Å². The van der Waals surface area contributed by atoms with Crippen LogP contribution in [0.25, 0.3) is 0 Å². The molecule has 4 rings (SSSR count). The molecule has 6 unspecified atom stereocenters. The van der Waals surface area contributed by atoms with Crippen LogP contribution in [-0.2, 0) is 25.5 Å². The van der Waals surface area contributed by atoms with Gasteiger partial charge in [-0.15, -0.1) is 0 Å². The van der Waals surface area contributed by atoms with Crippen LogP contribution < -0.4 is 4.74 Å². The first-order valence-electron chi connectivity index (χ1n) is 17.9. The molecule has 246 valence electrons. The van der Waals surface area contributed by atoms with Crippen molar-refractivity contribution in [1.29, 1.82) is 0 Å². The minimum Gasteiger partial charge on any atom is -0.491 e. The lowest BCUT2D eigenvalue weighted by atomic mass is 9.67. The third kappa shape index (κ3) is 9.19. The van der Waals surface area contributed by atoms with Crippen LogP contribution in [0.15, 0.2) is 24.3 Å². The maximum Gasteiger partial charge on any atom is 0.175 e. The van der Waals surface area contributed by atoms with Crippen LogP contribution in [0.4, 0.5) is 0 Å². The van der Waals surface area contributed by atoms with Gasteiger partial charge in [0.1, 0.15) is 18.5 Å². The van der Waals surface area contributed by atoms with E-state index in [-0.39, 0.29) is 29.2 Å². The highest BCUT2D eigenvalue weighted by atomic mass is 16.8. The van der Waals surface area contributed by atoms with Gasteiger partial charge in [-0.1, -0.05) is 104 Å². The molecule has 6 heteroatoms. The van der Waals surface area contributed by atoms with Crippen LogP contribution in [0.3, 0.4) is 0 Å². The van der Waals surface area contributed by atoms with Crippen molar-refractivity contribution in [3.8, 4) is 5.75 Å². The third-order valence-electron chi connectivity index (χ3n) is 10.8. The summed E-state index contributed by atoms with van der Waals surface area (Å²) in [6, 6.07) is 8.40. The fourth-order valence-electron chi connectivity index (χ4n) is 7.31. The Labute approximate surface area is 263 Å². The number of hydrogen-bond acceptors (Lipinski definition) is 6. The highest BCUT2D eigenvalue weighted by Gasteiger charge is 2.63. The lowest BCUT2D eigenvalue weighted by Gasteiger charge is -2.61. The fourth-order valence-corrected chi connectivity index (χ4v) is 7.31. The van der Waals surface area contributed by atoms with E-state index in [9.17, 15) is 0 Å². The van der Waals surface area contributed by atoms with Crippen molar-refractivity contribution in [3.63, 3.8) is 0 Å². The Hall–Kier alpha value is -1.18. The first-order valence-corrected chi connectivity index (χ1v) is 17.9. The van der Waals surface area contributed by atoms with Gasteiger partial charge in [0.25, 0.3) is 0 Å². The molecule has 1 aromatic rings. The summed E-state index contributed by atoms with van der Waals surface area (Å²) in [7, 11) is 0. The van der Waals surface area contributed by atoms with Crippen LogP contribution >= 0.6 is 0 Å². The van der Waals surface area contributed by atoms with E-state index in [1.807, 2.05) is 0 Å². The fraction of sp³-hybridized carbons (Fsp3) is 0.838. The van der Waals surface area contributed by atoms with Crippen LogP contribution in [0.1, 0.15) is 137 Å². The Bertz CT molecular complexity index is 937. The monoisotopic (exact) mass is 601 g/mol. The summed E-state index contributed by atoms with van der Waals surface area (Å²) < 4.78 is 24.7. The van der Waals surface area contributed by atoms with Gasteiger partial charge < -0.3 is 18.9 Å². The Balaban J connectivity index is 1.25. The van der Waals surface area contributed by atoms with Crippen molar-refractivity contribution in [1.82, 2.24) is 5.06 Å². The second-order valence-electron chi connectivity index (χ2n) is 14.1. The van der Waals surface area contributed by atoms with Gasteiger partial charge in [-0.3, -0.25) is 4.84 Å². The van der Waals surface area contributed by atoms with E-state index in [0.29, 0.717) is 13.2 Å². The third-order valence-corrected chi connectivity index (χ3v) is 10.8. The molecular weight excluding hydrogens is 538 g/mol. The lowest BCUT2D eigenvalue weighted by Crippen LogP contribution is -2.71. The van der Waals surface area contributed by atoms with Crippen molar-refractivity contribution >= 4 is 0 Å². The molecule has 0 amide bonds. The summed E-state index contributed by atoms with van der Waals surface area (Å²) in [6.45, 7) is 16.7. The number of nitrogens with zero attached hydrogens (tertiary/aromatic N) is 1. The Morgan fingerprint density at radius 3 is 2.09 bits per heavy atom. The summed E-state index contributed by atoms with van der Waals surface area (Å²) in [5.41, 5.74) is 0.883. The number of epoxide rings is 1. The number of hydroxylamine groups is 2. The molecule has 0 bridgehead atoms. The lowest BCUT2D eigenvalue weighted by molar-refractivity contribution is -0.368. The molecule has 1 spiro atoms. The molecule has 3 aliphatic rings. The van der Waals surface area contributed by atoms with Gasteiger partial charge in [0.15, 0.2) is 5.79 Å². The predicted molar refractivity (Wildman–Crippen MR) is 174 cm³/mol. The quantitative estimate of drug-likeness (QED) is 0.110. The van der Waals surface area contributed by atoms with Crippen molar-refractivity contribution in [2.45, 2.75) is 167 Å². The number of hydrogen-bond donors (Lipinski definition) is 0. The zero-order valence-corrected chi connectivity index (χ0v) is 28.5. The molecule has 0 aromatic heterocycles. The normalized spacial score (nSPS) is 32.5. The first-order chi connectivity index (χ1) is 20.8. The topological polar surface area (TPSA) is 52.7 Å². The van der Waals surface area contributed by atoms with Crippen molar-refractivity contribution in [2.75, 3.05) is 26.4 Å². The van der Waals surface area contributed by atoms with Crippen LogP contribution in [0, 0.1) is 5.92 Å². The van der Waals surface area contributed by atoms with Crippen molar-refractivity contribution in [3.05, 3.63) is 29.8 Å². The second-order valence-corrected chi connectivity index (χ2v) is 14.1. The van der Waals surface area contributed by atoms with E-state index in [1.165, 1.54) is 69.8 Å². The average Bonchev–Trinajstić information content (AvgIpc) is 3.77. The van der Waals surface area contributed by atoms with Gasteiger partial charge in [-0.25, -0.2) is 0 Å². The standard InChI is InChI=1S/C37H63NO5/c1-7-10-11-12-13-14-15-16-17-18-19-33-28-41-37(43-33)29-35(5,8-2)38(36(6,9-3)30(37)4)42-25-24-31-20-22-32(23-21-31)39-26-34-27-40-34/h20-23,30,33-34H,7-19,24-29H2,1-6H3. The Kier molecular flexibility index (Phi) is 13.2. The maximum absolute atomic E-state index is 6.93. The largest absolute Gasteiger partial charge is 0.491 e. The summed E-state index contributed by atoms with van der Waals surface area (Å²) in [6.07, 6.45) is 18.9. The molecule has 0 radical (unpaired) electrons. The van der Waals surface area contributed by atoms with E-state index in [2.05, 4.69) is 70.9 Å². The molecule has 0 saturated carbocycles. The van der Waals surface area contributed by atoms with Crippen LogP contribution in [-0.4, -0.2) is 60.6 Å². The first kappa shape index (κ1) is 34.7. The molecule has 3 fully saturated rings. The van der Waals surface area contributed by atoms with E-state index in [0.717, 1.165) is 51.1 Å². The van der Waals surface area contributed by atoms with Crippen LogP contribution in [0.2, 0.25) is 0 Å². The number of rotatable bonds is 20. The Morgan fingerprint density at radius 1 is 0.837 bits per heavy atom. The zero-order valence-electron chi connectivity index (χ0n) is 28.5. The maximum atomic E-state index is 6.93. The van der Waals surface area contributed by atoms with E-state index < -0.39 is 5.79 Å². The van der Waals surface area contributed by atoms with Gasteiger partial charge >= 0.3 is 0 Å². The van der Waals surface area contributed by atoms with E-state index in [1.54, 1.807) is 0 Å². The molecule has 6 nitrogen and oxygen atoms in total. The number of piperidine rings is 1. The molecule has 43 heavy (non-hydrogen) atoms. The highest BCUT2D eigenvalue weighted by Crippen LogP contribution is 2.54. The summed E-state index contributed by atoms with van der Waals surface area (Å²) in [5.74, 6) is 0.546. The minimum atomic E-state index is -0.542. The molecule has 1 aromatic carbocycles. The second kappa shape index (κ2) is 16.4. The van der Waals surface area contributed by atoms with Gasteiger partial charge in [-0.2, -0.15) is 5.06 Å². The summed E-state index contributed by atoms with van der Waals surface area (Å²) in [5, 5.41) is 2.34. The number of benzene rings is 1. The van der Waals surface area contributed by atoms with Crippen molar-refractivity contribution in [2.24, 2.45) is 5.92 Å². The molecular formula is C37H63NO5. The minimum absolute atomic E-state index is 0.175. The average molecular weight is 602 g/mol. The van der Waals surface area contributed by atoms with Gasteiger partial charge in [0, 0.05) is 17.9 Å². The molecule has 0 N–H and O–H groups in total. The van der Waals surface area contributed by atoms with Crippen molar-refractivity contribution < 1.29 is 23.8 Å². The smallest absolute Gasteiger partial charge is 0.175 e. The number of ether oxygens (including phenoxy) is 4. The summed E-state index contributed by atoms with van der Waals surface area (Å²) in [4.78, 5) is 6.73. The van der Waals surface area contributed by atoms with Gasteiger partial charge in [0.05, 0.1) is 31.5 Å². The van der Waals surface area contributed by atoms with E-state index >= 15 is 0 Å². The predicted octanol–water partition coefficient (Wildman–Crippen LogP) is 9.04. The van der Waals surface area contributed by atoms with Crippen LogP contribution in [0.5, 0.6) is 5.75 Å². The zero-order chi connectivity index (χ0) is 30.8. The van der Waals surface area contributed by atoms with E-state index in [4.69, 9.17) is 23.8 Å². The molecule has 3 aliphatic heterocycles. The molecule has 3 saturated heterocycles. The SMILES string of the molecule is CCCCCCCCCCCCC1COC2(CC(C)(CC)N(OCCc3ccc(OCC4CO4)cc3)C(C)(CC)C2C)O1. The Morgan fingerprint density at radius 2 is 1.49 bits per heavy atom.